The molecule has 2 rings (SSSR count). The van der Waals surface area contributed by atoms with E-state index in [-0.39, 0.29) is 5.75 Å². The molecule has 0 atom stereocenters. The summed E-state index contributed by atoms with van der Waals surface area (Å²) in [7, 11) is -5.66. The van der Waals surface area contributed by atoms with Gasteiger partial charge in [-0.1, -0.05) is 24.3 Å². The topological polar surface area (TPSA) is 43.4 Å². The van der Waals surface area contributed by atoms with Crippen molar-refractivity contribution in [1.82, 2.24) is 0 Å². The molecule has 0 radical (unpaired) electrons. The molecule has 0 aliphatic heterocycles. The van der Waals surface area contributed by atoms with Gasteiger partial charge in [0.1, 0.15) is 0 Å². The van der Waals surface area contributed by atoms with Crippen molar-refractivity contribution >= 4 is 10.1 Å². The molecule has 0 N–H and O–H groups in total. The average Bonchev–Trinajstić information content (AvgIpc) is 2.39. The number of alkyl halides is 3. The third kappa shape index (κ3) is 4.13. The van der Waals surface area contributed by atoms with E-state index in [1.54, 1.807) is 12.1 Å². The molecule has 0 fully saturated rings. The lowest BCUT2D eigenvalue weighted by atomic mass is 10.2. The van der Waals surface area contributed by atoms with E-state index < -0.39 is 36.8 Å². The van der Waals surface area contributed by atoms with Crippen molar-refractivity contribution in [3.05, 3.63) is 61.2 Å². The first-order chi connectivity index (χ1) is 10.2. The van der Waals surface area contributed by atoms with Gasteiger partial charge in [0.15, 0.2) is 9.32 Å². The van der Waals surface area contributed by atoms with Crippen LogP contribution in [0, 0.1) is 14.1 Å². The van der Waals surface area contributed by atoms with Crippen LogP contribution in [0.3, 0.4) is 0 Å². The molecule has 0 aliphatic carbocycles. The third-order valence-electron chi connectivity index (χ3n) is 2.51. The molecule has 0 amide bonds. The molecule has 3 nitrogen and oxygen atoms in total. The number of hydrogen-bond acceptors (Lipinski definition) is 3. The fourth-order valence-electron chi connectivity index (χ4n) is 1.54. The Kier molecular flexibility index (Phi) is 5.00. The van der Waals surface area contributed by atoms with Crippen LogP contribution in [0.4, 0.5) is 13.2 Å². The lowest BCUT2D eigenvalue weighted by Gasteiger charge is -2.08. The van der Waals surface area contributed by atoms with Gasteiger partial charge < -0.3 is 4.18 Å². The molecule has 22 heavy (non-hydrogen) atoms. The van der Waals surface area contributed by atoms with Crippen molar-refractivity contribution in [3.63, 3.8) is 0 Å². The Balaban J connectivity index is 2.32. The molecule has 0 heterocycles. The van der Waals surface area contributed by atoms with E-state index >= 15 is 0 Å². The highest BCUT2D eigenvalue weighted by Gasteiger charge is 2.49. The average molecular weight is 443 g/mol. The standard InChI is InChI=1S/C14H11F3IO3S/c1-10-5-4-6-11(9-10)18-12-7-2-3-8-13(12)21-22(19,20)14(15,16)17/h2-9H,1H3/q+1. The minimum absolute atomic E-state index is 0.269. The van der Waals surface area contributed by atoms with Gasteiger partial charge in [0.25, 0.3) is 0 Å². The summed E-state index contributed by atoms with van der Waals surface area (Å²) >= 11 is -0.858. The molecule has 8 heteroatoms. The first-order valence-electron chi connectivity index (χ1n) is 6.00. The van der Waals surface area contributed by atoms with Crippen LogP contribution in [-0.4, -0.2) is 13.9 Å². The van der Waals surface area contributed by atoms with Gasteiger partial charge in [-0.05, 0) is 36.8 Å². The van der Waals surface area contributed by atoms with E-state index in [2.05, 4.69) is 4.18 Å². The summed E-state index contributed by atoms with van der Waals surface area (Å²) in [6, 6.07) is 13.4. The van der Waals surface area contributed by atoms with Crippen LogP contribution in [0.15, 0.2) is 48.5 Å². The van der Waals surface area contributed by atoms with E-state index in [9.17, 15) is 21.6 Å². The van der Waals surface area contributed by atoms with Gasteiger partial charge in [0.2, 0.25) is 3.57 Å². The van der Waals surface area contributed by atoms with E-state index in [1.165, 1.54) is 12.1 Å². The summed E-state index contributed by atoms with van der Waals surface area (Å²) in [6.45, 7) is 1.91. The Morgan fingerprint density at radius 1 is 1.05 bits per heavy atom. The van der Waals surface area contributed by atoms with Crippen molar-refractivity contribution < 1.29 is 47.0 Å². The zero-order valence-corrected chi connectivity index (χ0v) is 14.2. The molecule has 0 unspecified atom stereocenters. The predicted octanol–water partition coefficient (Wildman–Crippen LogP) is 0.352. The SMILES string of the molecule is Cc1cccc([I+]c2ccccc2OS(=O)(=O)C(F)(F)F)c1. The molecule has 2 aromatic carbocycles. The van der Waals surface area contributed by atoms with Gasteiger partial charge in [-0.3, -0.25) is 0 Å². The second-order valence-electron chi connectivity index (χ2n) is 4.31. The highest BCUT2D eigenvalue weighted by atomic mass is 127. The predicted molar refractivity (Wildman–Crippen MR) is 70.6 cm³/mol. The van der Waals surface area contributed by atoms with Gasteiger partial charge in [-0.25, -0.2) is 0 Å². The molecular weight excluding hydrogens is 432 g/mol. The summed E-state index contributed by atoms with van der Waals surface area (Å²) in [4.78, 5) is 0. The van der Waals surface area contributed by atoms with Crippen LogP contribution in [0.25, 0.3) is 0 Å². The Bertz CT molecular complexity index is 773. The van der Waals surface area contributed by atoms with Crippen molar-refractivity contribution in [2.45, 2.75) is 12.4 Å². The summed E-state index contributed by atoms with van der Waals surface area (Å²) in [6.07, 6.45) is 0. The van der Waals surface area contributed by atoms with Gasteiger partial charge >= 0.3 is 36.8 Å². The molecular formula is C14H11F3IO3S+. The van der Waals surface area contributed by atoms with Crippen molar-refractivity contribution in [1.29, 1.82) is 0 Å². The minimum atomic E-state index is -5.66. The quantitative estimate of drug-likeness (QED) is 0.390. The van der Waals surface area contributed by atoms with Crippen LogP contribution in [0.1, 0.15) is 5.56 Å². The third-order valence-corrected chi connectivity index (χ3v) is 6.24. The number of para-hydroxylation sites is 1. The van der Waals surface area contributed by atoms with E-state index in [0.29, 0.717) is 3.57 Å². The van der Waals surface area contributed by atoms with Gasteiger partial charge in [0, 0.05) is 0 Å². The van der Waals surface area contributed by atoms with Gasteiger partial charge in [-0.15, -0.1) is 0 Å². The monoisotopic (exact) mass is 443 g/mol. The zero-order valence-electron chi connectivity index (χ0n) is 11.3. The van der Waals surface area contributed by atoms with E-state index in [1.807, 2.05) is 31.2 Å². The summed E-state index contributed by atoms with van der Waals surface area (Å²) in [5.74, 6) is -0.269. The summed E-state index contributed by atoms with van der Waals surface area (Å²) in [5.41, 5.74) is -4.42. The number of rotatable bonds is 4. The molecule has 0 aromatic heterocycles. The van der Waals surface area contributed by atoms with Crippen LogP contribution in [0.2, 0.25) is 0 Å². The Labute approximate surface area is 136 Å². The Morgan fingerprint density at radius 3 is 2.36 bits per heavy atom. The zero-order chi connectivity index (χ0) is 16.4. The Morgan fingerprint density at radius 2 is 1.73 bits per heavy atom. The number of benzene rings is 2. The van der Waals surface area contributed by atoms with Crippen LogP contribution < -0.4 is 25.4 Å². The maximum absolute atomic E-state index is 12.4. The normalized spacial score (nSPS) is 12.2. The van der Waals surface area contributed by atoms with Crippen molar-refractivity contribution in [2.24, 2.45) is 0 Å². The molecule has 0 saturated heterocycles. The van der Waals surface area contributed by atoms with E-state index in [0.717, 1.165) is 9.13 Å². The Hall–Kier alpha value is -1.29. The van der Waals surface area contributed by atoms with Crippen molar-refractivity contribution in [2.75, 3.05) is 0 Å². The second-order valence-corrected chi connectivity index (χ2v) is 8.79. The largest absolute Gasteiger partial charge is 0.534 e. The van der Waals surface area contributed by atoms with Crippen molar-refractivity contribution in [3.8, 4) is 5.75 Å². The molecule has 118 valence electrons. The molecule has 2 aromatic rings. The van der Waals surface area contributed by atoms with Gasteiger partial charge in [-0.2, -0.15) is 21.6 Å². The molecule has 0 bridgehead atoms. The number of aryl methyl sites for hydroxylation is 1. The number of halogens is 4. The number of hydrogen-bond donors (Lipinski definition) is 0. The van der Waals surface area contributed by atoms with Crippen LogP contribution >= 0.6 is 0 Å². The maximum Gasteiger partial charge on any atom is 0.534 e. The van der Waals surface area contributed by atoms with Crippen LogP contribution in [0.5, 0.6) is 5.75 Å². The first kappa shape index (κ1) is 17.1. The fourth-order valence-corrected chi connectivity index (χ4v) is 4.81. The molecule has 0 saturated carbocycles. The minimum Gasteiger partial charge on any atom is -0.371 e. The smallest absolute Gasteiger partial charge is 0.371 e. The maximum atomic E-state index is 12.4. The summed E-state index contributed by atoms with van der Waals surface area (Å²) in [5, 5.41) is 0. The van der Waals surface area contributed by atoms with E-state index in [4.69, 9.17) is 0 Å². The second kappa shape index (κ2) is 6.45. The highest BCUT2D eigenvalue weighted by Crippen LogP contribution is 2.26. The van der Waals surface area contributed by atoms with Gasteiger partial charge in [0.05, 0.1) is 0 Å². The highest BCUT2D eigenvalue weighted by molar-refractivity contribution is 7.87. The lowest BCUT2D eigenvalue weighted by molar-refractivity contribution is -0.598. The summed E-state index contributed by atoms with van der Waals surface area (Å²) < 4.78 is 65.3. The lowest BCUT2D eigenvalue weighted by Crippen LogP contribution is -3.61. The first-order valence-corrected chi connectivity index (χ1v) is 9.57. The fraction of sp³-hybridized carbons (Fsp3) is 0.143. The molecule has 0 aliphatic rings. The van der Waals surface area contributed by atoms with Crippen LogP contribution in [-0.2, 0) is 10.1 Å². The molecule has 0 spiro atoms.